The quantitative estimate of drug-likeness (QED) is 0.665. The maximum absolute atomic E-state index is 13.3. The van der Waals surface area contributed by atoms with Gasteiger partial charge < -0.3 is 15.0 Å². The van der Waals surface area contributed by atoms with E-state index >= 15 is 0 Å². The fourth-order valence-electron chi connectivity index (χ4n) is 3.26. The van der Waals surface area contributed by atoms with Crippen LogP contribution in [0.25, 0.3) is 0 Å². The summed E-state index contributed by atoms with van der Waals surface area (Å²) in [7, 11) is 1.60. The van der Waals surface area contributed by atoms with Crippen LogP contribution in [0.4, 0.5) is 0 Å². The molecular formula is C24H31ClN2O3. The van der Waals surface area contributed by atoms with Gasteiger partial charge in [-0.25, -0.2) is 0 Å². The van der Waals surface area contributed by atoms with E-state index in [2.05, 4.69) is 5.32 Å². The highest BCUT2D eigenvalue weighted by Gasteiger charge is 2.30. The van der Waals surface area contributed by atoms with Crippen molar-refractivity contribution >= 4 is 23.4 Å². The zero-order valence-corrected chi connectivity index (χ0v) is 19.1. The van der Waals surface area contributed by atoms with Gasteiger partial charge in [0.2, 0.25) is 11.8 Å². The molecule has 162 valence electrons. The van der Waals surface area contributed by atoms with Gasteiger partial charge in [0.1, 0.15) is 11.8 Å². The van der Waals surface area contributed by atoms with Gasteiger partial charge in [0.25, 0.3) is 0 Å². The minimum atomic E-state index is -0.581. The van der Waals surface area contributed by atoms with Crippen molar-refractivity contribution in [2.75, 3.05) is 7.11 Å². The van der Waals surface area contributed by atoms with E-state index in [1.165, 1.54) is 0 Å². The summed E-state index contributed by atoms with van der Waals surface area (Å²) in [6.45, 7) is 8.01. The van der Waals surface area contributed by atoms with Crippen molar-refractivity contribution in [3.63, 3.8) is 0 Å². The smallest absolute Gasteiger partial charge is 0.243 e. The minimum absolute atomic E-state index is 0.129. The molecule has 2 rings (SSSR count). The van der Waals surface area contributed by atoms with E-state index in [1.807, 2.05) is 64.1 Å². The molecule has 0 bridgehead atoms. The summed E-state index contributed by atoms with van der Waals surface area (Å²) in [5, 5.41) is 3.59. The topological polar surface area (TPSA) is 58.6 Å². The Bertz CT molecular complexity index is 877. The number of carbonyl (C=O) groups excluding carboxylic acids is 2. The normalized spacial score (nSPS) is 12.2. The molecule has 0 aliphatic carbocycles. The Balaban J connectivity index is 2.33. The largest absolute Gasteiger partial charge is 0.497 e. The first-order valence-corrected chi connectivity index (χ1v) is 10.5. The molecular weight excluding hydrogens is 400 g/mol. The third-order valence-corrected chi connectivity index (χ3v) is 4.85. The molecule has 0 saturated heterocycles. The number of rotatable bonds is 8. The molecule has 0 saturated carbocycles. The standard InChI is InChI=1S/C24H31ClN2O3/c1-6-21(23(29)26-24(2,3)4)27(16-18-10-8-12-20(14-18)30-5)22(28)15-17-9-7-11-19(25)13-17/h7-14,21H,6,15-16H2,1-5H3,(H,26,29)/t21-/m1/s1. The third kappa shape index (κ3) is 7.06. The van der Waals surface area contributed by atoms with Crippen LogP contribution >= 0.6 is 11.6 Å². The van der Waals surface area contributed by atoms with Gasteiger partial charge in [-0.05, 0) is 62.6 Å². The highest BCUT2D eigenvalue weighted by Crippen LogP contribution is 2.19. The molecule has 0 heterocycles. The number of hydrogen-bond acceptors (Lipinski definition) is 3. The second-order valence-electron chi connectivity index (χ2n) is 8.34. The second-order valence-corrected chi connectivity index (χ2v) is 8.78. The maximum Gasteiger partial charge on any atom is 0.243 e. The van der Waals surface area contributed by atoms with Crippen LogP contribution < -0.4 is 10.1 Å². The number of amides is 2. The van der Waals surface area contributed by atoms with Gasteiger partial charge in [-0.3, -0.25) is 9.59 Å². The fraction of sp³-hybridized carbons (Fsp3) is 0.417. The summed E-state index contributed by atoms with van der Waals surface area (Å²) in [5.41, 5.74) is 1.33. The highest BCUT2D eigenvalue weighted by molar-refractivity contribution is 6.30. The minimum Gasteiger partial charge on any atom is -0.497 e. The lowest BCUT2D eigenvalue weighted by Crippen LogP contribution is -2.53. The number of hydrogen-bond donors (Lipinski definition) is 1. The molecule has 0 radical (unpaired) electrons. The van der Waals surface area contributed by atoms with Crippen molar-refractivity contribution < 1.29 is 14.3 Å². The summed E-state index contributed by atoms with van der Waals surface area (Å²) in [5.74, 6) is 0.422. The SMILES string of the molecule is CC[C@H](C(=O)NC(C)(C)C)N(Cc1cccc(OC)c1)C(=O)Cc1cccc(Cl)c1. The van der Waals surface area contributed by atoms with Crippen LogP contribution in [0.15, 0.2) is 48.5 Å². The van der Waals surface area contributed by atoms with Crippen LogP contribution in [0.5, 0.6) is 5.75 Å². The lowest BCUT2D eigenvalue weighted by Gasteiger charge is -2.33. The monoisotopic (exact) mass is 430 g/mol. The molecule has 6 heteroatoms. The average molecular weight is 431 g/mol. The molecule has 2 aromatic rings. The molecule has 0 aliphatic rings. The Morgan fingerprint density at radius 2 is 1.77 bits per heavy atom. The lowest BCUT2D eigenvalue weighted by molar-refractivity contribution is -0.141. The average Bonchev–Trinajstić information content (AvgIpc) is 2.66. The zero-order valence-electron chi connectivity index (χ0n) is 18.4. The number of nitrogens with zero attached hydrogens (tertiary/aromatic N) is 1. The molecule has 1 N–H and O–H groups in total. The van der Waals surface area contributed by atoms with E-state index in [4.69, 9.17) is 16.3 Å². The van der Waals surface area contributed by atoms with Crippen molar-refractivity contribution in [1.82, 2.24) is 10.2 Å². The van der Waals surface area contributed by atoms with Gasteiger partial charge in [-0.2, -0.15) is 0 Å². The first kappa shape index (κ1) is 23.7. The predicted octanol–water partition coefficient (Wildman–Crippen LogP) is 4.61. The molecule has 0 fully saturated rings. The van der Waals surface area contributed by atoms with Crippen LogP contribution in [-0.4, -0.2) is 35.4 Å². The van der Waals surface area contributed by atoms with Crippen LogP contribution in [0.3, 0.4) is 0 Å². The molecule has 0 spiro atoms. The van der Waals surface area contributed by atoms with E-state index in [9.17, 15) is 9.59 Å². The molecule has 0 unspecified atom stereocenters. The third-order valence-electron chi connectivity index (χ3n) is 4.62. The van der Waals surface area contributed by atoms with Gasteiger partial charge in [-0.15, -0.1) is 0 Å². The Hall–Kier alpha value is -2.53. The van der Waals surface area contributed by atoms with Crippen LogP contribution in [-0.2, 0) is 22.6 Å². The van der Waals surface area contributed by atoms with E-state index in [-0.39, 0.29) is 23.8 Å². The number of nitrogens with one attached hydrogen (secondary N) is 1. The van der Waals surface area contributed by atoms with Gasteiger partial charge in [-0.1, -0.05) is 42.8 Å². The van der Waals surface area contributed by atoms with E-state index < -0.39 is 6.04 Å². The predicted molar refractivity (Wildman–Crippen MR) is 121 cm³/mol. The molecule has 1 atom stereocenters. The molecule has 30 heavy (non-hydrogen) atoms. The number of halogens is 1. The van der Waals surface area contributed by atoms with Gasteiger partial charge >= 0.3 is 0 Å². The van der Waals surface area contributed by atoms with E-state index in [1.54, 1.807) is 24.1 Å². The van der Waals surface area contributed by atoms with Crippen molar-refractivity contribution in [2.45, 2.75) is 58.7 Å². The fourth-order valence-corrected chi connectivity index (χ4v) is 3.48. The summed E-state index contributed by atoms with van der Waals surface area (Å²) >= 11 is 6.08. The summed E-state index contributed by atoms with van der Waals surface area (Å²) in [6.07, 6.45) is 0.678. The van der Waals surface area contributed by atoms with Crippen LogP contribution in [0.2, 0.25) is 5.02 Å². The Morgan fingerprint density at radius 1 is 1.10 bits per heavy atom. The molecule has 5 nitrogen and oxygen atoms in total. The van der Waals surface area contributed by atoms with Gasteiger partial charge in [0.05, 0.1) is 13.5 Å². The Kier molecular flexibility index (Phi) is 8.30. The number of benzene rings is 2. The van der Waals surface area contributed by atoms with Crippen molar-refractivity contribution in [1.29, 1.82) is 0 Å². The van der Waals surface area contributed by atoms with E-state index in [0.717, 1.165) is 11.1 Å². The summed E-state index contributed by atoms with van der Waals surface area (Å²) in [6, 6.07) is 14.2. The highest BCUT2D eigenvalue weighted by atomic mass is 35.5. The number of ether oxygens (including phenoxy) is 1. The maximum atomic E-state index is 13.3. The molecule has 0 aliphatic heterocycles. The van der Waals surface area contributed by atoms with E-state index in [0.29, 0.717) is 23.7 Å². The Morgan fingerprint density at radius 3 is 2.37 bits per heavy atom. The van der Waals surface area contributed by atoms with Crippen molar-refractivity contribution in [3.05, 3.63) is 64.7 Å². The zero-order chi connectivity index (χ0) is 22.3. The lowest BCUT2D eigenvalue weighted by atomic mass is 10.0. The molecule has 0 aromatic heterocycles. The van der Waals surface area contributed by atoms with Crippen molar-refractivity contribution in [2.24, 2.45) is 0 Å². The first-order chi connectivity index (χ1) is 14.1. The first-order valence-electron chi connectivity index (χ1n) is 10.1. The summed E-state index contributed by atoms with van der Waals surface area (Å²) in [4.78, 5) is 28.0. The van der Waals surface area contributed by atoms with Crippen LogP contribution in [0.1, 0.15) is 45.2 Å². The van der Waals surface area contributed by atoms with Gasteiger partial charge in [0, 0.05) is 17.1 Å². The van der Waals surface area contributed by atoms with Crippen LogP contribution in [0, 0.1) is 0 Å². The summed E-state index contributed by atoms with van der Waals surface area (Å²) < 4.78 is 5.31. The molecule has 2 aromatic carbocycles. The van der Waals surface area contributed by atoms with Crippen molar-refractivity contribution in [3.8, 4) is 5.75 Å². The van der Waals surface area contributed by atoms with Gasteiger partial charge in [0.15, 0.2) is 0 Å². The second kappa shape index (κ2) is 10.5. The number of methoxy groups -OCH3 is 1. The number of carbonyl (C=O) groups is 2. The molecule has 2 amide bonds. The Labute approximate surface area is 184 Å².